The molecule has 2 atom stereocenters. The highest BCUT2D eigenvalue weighted by molar-refractivity contribution is 9.10. The third-order valence-electron chi connectivity index (χ3n) is 3.66. The van der Waals surface area contributed by atoms with Crippen LogP contribution in [0.1, 0.15) is 43.6 Å². The third-order valence-corrected chi connectivity index (χ3v) is 4.44. The highest BCUT2D eigenvalue weighted by Gasteiger charge is 2.21. The largest absolute Gasteiger partial charge is 0.347 e. The van der Waals surface area contributed by atoms with E-state index in [-0.39, 0.29) is 18.0 Å². The van der Waals surface area contributed by atoms with Crippen molar-refractivity contribution >= 4 is 21.8 Å². The van der Waals surface area contributed by atoms with Gasteiger partial charge >= 0.3 is 0 Å². The Morgan fingerprint density at radius 1 is 1.38 bits per heavy atom. The summed E-state index contributed by atoms with van der Waals surface area (Å²) in [6, 6.07) is 9.72. The molecule has 0 aliphatic heterocycles. The molecule has 2 rings (SSSR count). The van der Waals surface area contributed by atoms with Crippen LogP contribution in [-0.4, -0.2) is 15.7 Å². The summed E-state index contributed by atoms with van der Waals surface area (Å²) in [5.74, 6) is -0.0237. The number of rotatable bonds is 5. The average Bonchev–Trinajstić information content (AvgIpc) is 2.84. The van der Waals surface area contributed by atoms with Gasteiger partial charge in [-0.15, -0.1) is 0 Å². The minimum atomic E-state index is -0.339. The highest BCUT2D eigenvalue weighted by atomic mass is 79.9. The highest BCUT2D eigenvalue weighted by Crippen LogP contribution is 2.21. The first kappa shape index (κ1) is 15.8. The lowest BCUT2D eigenvalue weighted by Gasteiger charge is -2.21. The van der Waals surface area contributed by atoms with Gasteiger partial charge in [0.2, 0.25) is 5.91 Å². The van der Waals surface area contributed by atoms with Crippen LogP contribution in [0.15, 0.2) is 41.0 Å². The zero-order valence-corrected chi connectivity index (χ0v) is 14.1. The number of carbonyl (C=O) groups excluding carboxylic acids is 1. The number of hydrogen-bond acceptors (Lipinski definition) is 2. The van der Waals surface area contributed by atoms with Gasteiger partial charge in [-0.25, -0.2) is 0 Å². The van der Waals surface area contributed by atoms with E-state index in [4.69, 9.17) is 0 Å². The van der Waals surface area contributed by atoms with Crippen LogP contribution in [-0.2, 0) is 4.79 Å². The van der Waals surface area contributed by atoms with E-state index in [2.05, 4.69) is 33.3 Å². The maximum atomic E-state index is 12.5. The first-order valence-electron chi connectivity index (χ1n) is 7.09. The minimum absolute atomic E-state index is 0.0237. The van der Waals surface area contributed by atoms with Gasteiger partial charge in [0.25, 0.3) is 0 Å². The molecule has 5 heteroatoms. The second kappa shape index (κ2) is 6.89. The number of halogens is 1. The molecule has 0 radical (unpaired) electrons. The topological polar surface area (TPSA) is 46.9 Å². The second-order valence-electron chi connectivity index (χ2n) is 5.08. The normalized spacial score (nSPS) is 13.7. The molecule has 1 aromatic heterocycles. The van der Waals surface area contributed by atoms with Crippen LogP contribution >= 0.6 is 15.9 Å². The van der Waals surface area contributed by atoms with Crippen molar-refractivity contribution in [2.45, 2.75) is 39.3 Å². The van der Waals surface area contributed by atoms with E-state index < -0.39 is 0 Å². The molecule has 21 heavy (non-hydrogen) atoms. The molecule has 112 valence electrons. The van der Waals surface area contributed by atoms with Gasteiger partial charge in [-0.05, 0) is 41.8 Å². The molecular weight excluding hydrogens is 330 g/mol. The smallest absolute Gasteiger partial charge is 0.245 e. The molecule has 2 unspecified atom stereocenters. The SMILES string of the molecule is CCC(NC(=O)C(C)n1ncc(Br)c1C)c1ccccc1. The van der Waals surface area contributed by atoms with Crippen LogP contribution in [0, 0.1) is 6.92 Å². The zero-order valence-electron chi connectivity index (χ0n) is 12.5. The van der Waals surface area contributed by atoms with E-state index in [1.54, 1.807) is 10.9 Å². The van der Waals surface area contributed by atoms with Crippen molar-refractivity contribution in [3.8, 4) is 0 Å². The zero-order chi connectivity index (χ0) is 15.4. The Morgan fingerprint density at radius 2 is 2.05 bits per heavy atom. The van der Waals surface area contributed by atoms with Crippen molar-refractivity contribution in [2.75, 3.05) is 0 Å². The molecule has 0 spiro atoms. The Kier molecular flexibility index (Phi) is 5.17. The summed E-state index contributed by atoms with van der Waals surface area (Å²) in [5.41, 5.74) is 2.07. The third kappa shape index (κ3) is 3.53. The molecule has 0 fully saturated rings. The van der Waals surface area contributed by atoms with Crippen molar-refractivity contribution in [3.05, 3.63) is 52.3 Å². The lowest BCUT2D eigenvalue weighted by atomic mass is 10.0. The van der Waals surface area contributed by atoms with E-state index >= 15 is 0 Å². The number of benzene rings is 1. The van der Waals surface area contributed by atoms with Crippen molar-refractivity contribution in [3.63, 3.8) is 0 Å². The molecule has 1 aromatic carbocycles. The van der Waals surface area contributed by atoms with Crippen molar-refractivity contribution < 1.29 is 4.79 Å². The monoisotopic (exact) mass is 349 g/mol. The molecule has 0 bridgehead atoms. The summed E-state index contributed by atoms with van der Waals surface area (Å²) in [6.45, 7) is 5.87. The fourth-order valence-corrected chi connectivity index (χ4v) is 2.58. The molecule has 1 N–H and O–H groups in total. The van der Waals surface area contributed by atoms with Gasteiger partial charge in [0.15, 0.2) is 0 Å². The van der Waals surface area contributed by atoms with Crippen molar-refractivity contribution in [2.24, 2.45) is 0 Å². The molecule has 4 nitrogen and oxygen atoms in total. The molecule has 0 saturated carbocycles. The maximum Gasteiger partial charge on any atom is 0.245 e. The summed E-state index contributed by atoms with van der Waals surface area (Å²) < 4.78 is 2.65. The molecule has 0 aliphatic rings. The quantitative estimate of drug-likeness (QED) is 0.892. The first-order valence-corrected chi connectivity index (χ1v) is 7.88. The van der Waals surface area contributed by atoms with Crippen molar-refractivity contribution in [1.29, 1.82) is 0 Å². The van der Waals surface area contributed by atoms with Gasteiger partial charge in [-0.3, -0.25) is 9.48 Å². The van der Waals surface area contributed by atoms with E-state index in [1.807, 2.05) is 44.2 Å². The predicted octanol–water partition coefficient (Wildman–Crippen LogP) is 3.78. The average molecular weight is 350 g/mol. The summed E-state index contributed by atoms with van der Waals surface area (Å²) in [7, 11) is 0. The summed E-state index contributed by atoms with van der Waals surface area (Å²) >= 11 is 3.42. The molecular formula is C16H20BrN3O. The molecule has 2 aromatic rings. The van der Waals surface area contributed by atoms with Gasteiger partial charge in [0, 0.05) is 0 Å². The van der Waals surface area contributed by atoms with E-state index in [0.29, 0.717) is 0 Å². The lowest BCUT2D eigenvalue weighted by molar-refractivity contribution is -0.125. The Hall–Kier alpha value is -1.62. The maximum absolute atomic E-state index is 12.5. The standard InChI is InChI=1S/C16H20BrN3O/c1-4-15(13-8-6-5-7-9-13)19-16(21)12(3)20-11(2)14(17)10-18-20/h5-10,12,15H,4H2,1-3H3,(H,19,21). The van der Waals surface area contributed by atoms with Gasteiger partial charge in [0.05, 0.1) is 22.4 Å². The van der Waals surface area contributed by atoms with Crippen LogP contribution in [0.2, 0.25) is 0 Å². The van der Waals surface area contributed by atoms with E-state index in [1.165, 1.54) is 0 Å². The number of carbonyl (C=O) groups is 1. The minimum Gasteiger partial charge on any atom is -0.347 e. The fourth-order valence-electron chi connectivity index (χ4n) is 2.30. The van der Waals surface area contributed by atoms with Crippen molar-refractivity contribution in [1.82, 2.24) is 15.1 Å². The predicted molar refractivity (Wildman–Crippen MR) is 87.0 cm³/mol. The molecule has 1 amide bonds. The van der Waals surface area contributed by atoms with Gasteiger partial charge in [0.1, 0.15) is 6.04 Å². The second-order valence-corrected chi connectivity index (χ2v) is 5.93. The Bertz CT molecular complexity index is 609. The molecule has 1 heterocycles. The van der Waals surface area contributed by atoms with E-state index in [0.717, 1.165) is 22.2 Å². The lowest BCUT2D eigenvalue weighted by Crippen LogP contribution is -2.34. The number of aromatic nitrogens is 2. The molecule has 0 aliphatic carbocycles. The van der Waals surface area contributed by atoms with Crippen LogP contribution < -0.4 is 5.32 Å². The number of hydrogen-bond donors (Lipinski definition) is 1. The van der Waals surface area contributed by atoms with Crippen LogP contribution in [0.4, 0.5) is 0 Å². The van der Waals surface area contributed by atoms with E-state index in [9.17, 15) is 4.79 Å². The molecule has 0 saturated heterocycles. The van der Waals surface area contributed by atoms with Gasteiger partial charge in [-0.2, -0.15) is 5.10 Å². The number of nitrogens with one attached hydrogen (secondary N) is 1. The fraction of sp³-hybridized carbons (Fsp3) is 0.375. The Morgan fingerprint density at radius 3 is 2.57 bits per heavy atom. The summed E-state index contributed by atoms with van der Waals surface area (Å²) in [4.78, 5) is 12.5. The van der Waals surface area contributed by atoms with Gasteiger partial charge in [-0.1, -0.05) is 37.3 Å². The van der Waals surface area contributed by atoms with Gasteiger partial charge < -0.3 is 5.32 Å². The Labute approximate surface area is 133 Å². The van der Waals surface area contributed by atoms with Crippen LogP contribution in [0.3, 0.4) is 0 Å². The number of amides is 1. The first-order chi connectivity index (χ1) is 10.0. The van der Waals surface area contributed by atoms with Crippen LogP contribution in [0.25, 0.3) is 0 Å². The summed E-state index contributed by atoms with van der Waals surface area (Å²) in [5, 5.41) is 7.35. The summed E-state index contributed by atoms with van der Waals surface area (Å²) in [6.07, 6.45) is 2.57. The van der Waals surface area contributed by atoms with Crippen LogP contribution in [0.5, 0.6) is 0 Å². The number of nitrogens with zero attached hydrogens (tertiary/aromatic N) is 2. The Balaban J connectivity index is 2.11.